The van der Waals surface area contributed by atoms with E-state index >= 15 is 0 Å². The first-order valence-electron chi connectivity index (χ1n) is 9.72. The molecular formula is C23H16ClN5O2S. The number of nitrogens with zero attached hydrogens (tertiary/aromatic N) is 4. The lowest BCUT2D eigenvalue weighted by molar-refractivity contribution is -0.117. The third kappa shape index (κ3) is 4.18. The van der Waals surface area contributed by atoms with Crippen LogP contribution in [0.25, 0.3) is 27.5 Å². The number of amides is 1. The van der Waals surface area contributed by atoms with Crippen LogP contribution in [0.3, 0.4) is 0 Å². The lowest BCUT2D eigenvalue weighted by Gasteiger charge is -2.09. The minimum absolute atomic E-state index is 0.204. The molecule has 0 aliphatic heterocycles. The fraction of sp³-hybridized carbons (Fsp3) is 0.0435. The molecule has 1 amide bonds. The molecule has 9 heteroatoms. The largest absolute Gasteiger partial charge is 0.324 e. The van der Waals surface area contributed by atoms with Crippen molar-refractivity contribution in [3.05, 3.63) is 93.8 Å². The number of aromatic nitrogens is 4. The van der Waals surface area contributed by atoms with Gasteiger partial charge in [-0.2, -0.15) is 5.10 Å². The first-order chi connectivity index (χ1) is 15.5. The number of hydrogen-bond donors (Lipinski definition) is 1. The number of hydrogen-bond acceptors (Lipinski definition) is 5. The van der Waals surface area contributed by atoms with E-state index in [1.54, 1.807) is 35.6 Å². The van der Waals surface area contributed by atoms with Gasteiger partial charge in [-0.3, -0.25) is 14.0 Å². The van der Waals surface area contributed by atoms with Gasteiger partial charge in [-0.15, -0.1) is 11.3 Å². The molecule has 7 nitrogen and oxygen atoms in total. The number of imidazole rings is 1. The molecule has 0 saturated carbocycles. The highest BCUT2D eigenvalue weighted by molar-refractivity contribution is 7.15. The Morgan fingerprint density at radius 3 is 2.69 bits per heavy atom. The minimum atomic E-state index is -0.357. The smallest absolute Gasteiger partial charge is 0.267 e. The first kappa shape index (κ1) is 20.2. The first-order valence-corrected chi connectivity index (χ1v) is 11.0. The summed E-state index contributed by atoms with van der Waals surface area (Å²) in [6, 6.07) is 17.6. The summed E-state index contributed by atoms with van der Waals surface area (Å²) in [6.45, 7) is -0.204. The summed E-state index contributed by atoms with van der Waals surface area (Å²) in [5, 5.41) is 9.74. The van der Waals surface area contributed by atoms with Gasteiger partial charge >= 0.3 is 0 Å². The Hall–Kier alpha value is -3.75. The van der Waals surface area contributed by atoms with Crippen LogP contribution in [-0.4, -0.2) is 25.1 Å². The SMILES string of the molecule is O=C(Cn1nc(-c2ccc(Cl)cc2)ccc1=O)Nc1cccc(-c2cn3ccsc3n2)c1. The average molecular weight is 462 g/mol. The molecule has 0 fully saturated rings. The van der Waals surface area contributed by atoms with E-state index in [-0.39, 0.29) is 18.0 Å². The van der Waals surface area contributed by atoms with Crippen molar-refractivity contribution in [1.82, 2.24) is 19.2 Å². The number of rotatable bonds is 5. The van der Waals surface area contributed by atoms with Crippen molar-refractivity contribution in [3.63, 3.8) is 0 Å². The molecule has 0 unspecified atom stereocenters. The van der Waals surface area contributed by atoms with Gasteiger partial charge in [0, 0.05) is 45.7 Å². The normalized spacial score (nSPS) is 11.0. The van der Waals surface area contributed by atoms with Crippen molar-refractivity contribution < 1.29 is 4.79 Å². The zero-order valence-corrected chi connectivity index (χ0v) is 18.2. The van der Waals surface area contributed by atoms with Gasteiger partial charge in [-0.1, -0.05) is 35.9 Å². The van der Waals surface area contributed by atoms with Gasteiger partial charge in [-0.25, -0.2) is 9.67 Å². The second kappa shape index (κ2) is 8.41. The number of thiazole rings is 1. The molecule has 0 aliphatic carbocycles. The van der Waals surface area contributed by atoms with E-state index in [1.165, 1.54) is 6.07 Å². The molecule has 0 bridgehead atoms. The van der Waals surface area contributed by atoms with Gasteiger partial charge in [0.05, 0.1) is 11.4 Å². The van der Waals surface area contributed by atoms with E-state index in [0.717, 1.165) is 26.5 Å². The minimum Gasteiger partial charge on any atom is -0.324 e. The van der Waals surface area contributed by atoms with Gasteiger partial charge in [0.25, 0.3) is 5.56 Å². The van der Waals surface area contributed by atoms with Gasteiger partial charge < -0.3 is 5.32 Å². The molecule has 32 heavy (non-hydrogen) atoms. The van der Waals surface area contributed by atoms with Crippen LogP contribution in [0.5, 0.6) is 0 Å². The third-order valence-corrected chi connectivity index (χ3v) is 5.86. The fourth-order valence-electron chi connectivity index (χ4n) is 3.30. The zero-order chi connectivity index (χ0) is 22.1. The molecule has 5 aromatic rings. The average Bonchev–Trinajstić information content (AvgIpc) is 3.39. The number of benzene rings is 2. The van der Waals surface area contributed by atoms with Crippen LogP contribution in [0.4, 0.5) is 5.69 Å². The molecule has 1 N–H and O–H groups in total. The van der Waals surface area contributed by atoms with Crippen molar-refractivity contribution in [2.24, 2.45) is 0 Å². The summed E-state index contributed by atoms with van der Waals surface area (Å²) in [4.78, 5) is 30.4. The predicted molar refractivity (Wildman–Crippen MR) is 126 cm³/mol. The summed E-state index contributed by atoms with van der Waals surface area (Å²) in [5.74, 6) is -0.351. The summed E-state index contributed by atoms with van der Waals surface area (Å²) in [5.41, 5.74) is 3.35. The van der Waals surface area contributed by atoms with E-state index in [4.69, 9.17) is 11.6 Å². The topological polar surface area (TPSA) is 81.3 Å². The Labute approximate surface area is 191 Å². The highest BCUT2D eigenvalue weighted by atomic mass is 35.5. The maximum absolute atomic E-state index is 12.6. The predicted octanol–water partition coefficient (Wildman–Crippen LogP) is 4.58. The summed E-state index contributed by atoms with van der Waals surface area (Å²) in [6.07, 6.45) is 3.89. The molecular weight excluding hydrogens is 446 g/mol. The third-order valence-electron chi connectivity index (χ3n) is 4.84. The second-order valence-electron chi connectivity index (χ2n) is 7.07. The molecule has 2 aromatic carbocycles. The van der Waals surface area contributed by atoms with Crippen molar-refractivity contribution in [2.75, 3.05) is 5.32 Å². The standard InChI is InChI=1S/C23H16ClN5O2S/c24-17-6-4-15(5-7-17)19-8-9-22(31)29(27-19)14-21(30)25-18-3-1-2-16(12-18)20-13-28-10-11-32-23(28)26-20/h1-13H,14H2,(H,25,30). The van der Waals surface area contributed by atoms with Gasteiger partial charge in [0.2, 0.25) is 5.91 Å². The fourth-order valence-corrected chi connectivity index (χ4v) is 4.12. The van der Waals surface area contributed by atoms with Crippen LogP contribution in [0.1, 0.15) is 0 Å². The summed E-state index contributed by atoms with van der Waals surface area (Å²) >= 11 is 7.49. The lowest BCUT2D eigenvalue weighted by Crippen LogP contribution is -2.29. The van der Waals surface area contributed by atoms with Crippen molar-refractivity contribution >= 4 is 39.5 Å². The summed E-state index contributed by atoms with van der Waals surface area (Å²) in [7, 11) is 0. The summed E-state index contributed by atoms with van der Waals surface area (Å²) < 4.78 is 3.10. The van der Waals surface area contributed by atoms with E-state index < -0.39 is 0 Å². The number of fused-ring (bicyclic) bond motifs is 1. The Kier molecular flexibility index (Phi) is 5.30. The Morgan fingerprint density at radius 2 is 1.88 bits per heavy atom. The van der Waals surface area contributed by atoms with Crippen molar-refractivity contribution in [3.8, 4) is 22.5 Å². The Morgan fingerprint density at radius 1 is 1.03 bits per heavy atom. The van der Waals surface area contributed by atoms with Crippen LogP contribution in [0, 0.1) is 0 Å². The van der Waals surface area contributed by atoms with Crippen LogP contribution < -0.4 is 10.9 Å². The highest BCUT2D eigenvalue weighted by Crippen LogP contribution is 2.24. The molecule has 0 radical (unpaired) electrons. The van der Waals surface area contributed by atoms with Crippen LogP contribution in [-0.2, 0) is 11.3 Å². The molecule has 0 saturated heterocycles. The molecule has 3 heterocycles. The molecule has 0 atom stereocenters. The van der Waals surface area contributed by atoms with E-state index in [0.29, 0.717) is 16.4 Å². The Bertz CT molecular complexity index is 1460. The van der Waals surface area contributed by atoms with Gasteiger partial charge in [0.15, 0.2) is 4.96 Å². The lowest BCUT2D eigenvalue weighted by atomic mass is 10.1. The molecule has 0 spiro atoms. The maximum Gasteiger partial charge on any atom is 0.267 e. The van der Waals surface area contributed by atoms with Gasteiger partial charge in [0.1, 0.15) is 6.54 Å². The van der Waals surface area contributed by atoms with Crippen LogP contribution in [0.15, 0.2) is 83.2 Å². The number of carbonyl (C=O) groups excluding carboxylic acids is 1. The molecule has 3 aromatic heterocycles. The second-order valence-corrected chi connectivity index (χ2v) is 8.38. The highest BCUT2D eigenvalue weighted by Gasteiger charge is 2.10. The number of carbonyl (C=O) groups is 1. The van der Waals surface area contributed by atoms with Gasteiger partial charge in [-0.05, 0) is 30.3 Å². The van der Waals surface area contributed by atoms with E-state index in [2.05, 4.69) is 15.4 Å². The number of anilines is 1. The van der Waals surface area contributed by atoms with Crippen molar-refractivity contribution in [1.29, 1.82) is 0 Å². The van der Waals surface area contributed by atoms with E-state index in [9.17, 15) is 9.59 Å². The zero-order valence-electron chi connectivity index (χ0n) is 16.6. The number of halogens is 1. The maximum atomic E-state index is 12.6. The van der Waals surface area contributed by atoms with Crippen LogP contribution in [0.2, 0.25) is 5.02 Å². The molecule has 5 rings (SSSR count). The number of nitrogens with one attached hydrogen (secondary N) is 1. The quantitative estimate of drug-likeness (QED) is 0.415. The van der Waals surface area contributed by atoms with Crippen LogP contribution >= 0.6 is 22.9 Å². The Balaban J connectivity index is 1.34. The van der Waals surface area contributed by atoms with Crippen molar-refractivity contribution in [2.45, 2.75) is 6.54 Å². The monoisotopic (exact) mass is 461 g/mol. The van der Waals surface area contributed by atoms with E-state index in [1.807, 2.05) is 52.5 Å². The molecule has 158 valence electrons. The molecule has 0 aliphatic rings.